The molecule has 0 aromatic heterocycles. The SMILES string of the molecule is CCOC(=O)C(CC)c1ccc(C(F)(F)F)c(-c2cc(Cl)ccc2OC)c1[N+](=O)[O-]. The Hall–Kier alpha value is -2.81. The average Bonchev–Trinajstić information content (AvgIpc) is 2.67. The molecule has 2 aromatic rings. The van der Waals surface area contributed by atoms with Crippen molar-refractivity contribution in [1.29, 1.82) is 0 Å². The number of carbonyl (C=O) groups excluding carboxylic acids is 1. The van der Waals surface area contributed by atoms with Crippen molar-refractivity contribution < 1.29 is 32.4 Å². The average molecular weight is 446 g/mol. The van der Waals surface area contributed by atoms with E-state index in [-0.39, 0.29) is 34.9 Å². The Morgan fingerprint density at radius 1 is 1.23 bits per heavy atom. The number of hydrogen-bond donors (Lipinski definition) is 0. The quantitative estimate of drug-likeness (QED) is 0.297. The molecule has 2 aromatic carbocycles. The standard InChI is InChI=1S/C20H19ClF3NO5/c1-4-12(19(26)30-5-2)13-7-8-15(20(22,23)24)17(18(13)25(27)28)14-10-11(21)6-9-16(14)29-3/h6-10,12H,4-5H2,1-3H3. The molecule has 2 rings (SSSR count). The summed E-state index contributed by atoms with van der Waals surface area (Å²) in [5, 5.41) is 12.1. The van der Waals surface area contributed by atoms with Crippen molar-refractivity contribution in [3.8, 4) is 16.9 Å². The second-order valence-corrected chi connectivity index (χ2v) is 6.67. The number of esters is 1. The van der Waals surface area contributed by atoms with E-state index in [1.54, 1.807) is 13.8 Å². The maximum atomic E-state index is 13.8. The Labute approximate surface area is 175 Å². The summed E-state index contributed by atoms with van der Waals surface area (Å²) in [6, 6.07) is 5.54. The molecule has 0 aliphatic carbocycles. The van der Waals surface area contributed by atoms with Crippen molar-refractivity contribution >= 4 is 23.3 Å². The van der Waals surface area contributed by atoms with Gasteiger partial charge >= 0.3 is 12.1 Å². The van der Waals surface area contributed by atoms with Crippen LogP contribution in [0, 0.1) is 10.1 Å². The van der Waals surface area contributed by atoms with Crippen LogP contribution in [-0.2, 0) is 15.7 Å². The molecule has 0 saturated carbocycles. The molecule has 0 aliphatic rings. The number of methoxy groups -OCH3 is 1. The number of nitrogens with zero attached hydrogens (tertiary/aromatic N) is 1. The lowest BCUT2D eigenvalue weighted by molar-refractivity contribution is -0.385. The Morgan fingerprint density at radius 2 is 1.90 bits per heavy atom. The lowest BCUT2D eigenvalue weighted by Gasteiger charge is -2.20. The Kier molecular flexibility index (Phi) is 7.30. The van der Waals surface area contributed by atoms with Crippen molar-refractivity contribution in [3.05, 3.63) is 56.6 Å². The van der Waals surface area contributed by atoms with Crippen molar-refractivity contribution in [2.45, 2.75) is 32.4 Å². The Morgan fingerprint density at radius 3 is 2.40 bits per heavy atom. The van der Waals surface area contributed by atoms with E-state index in [2.05, 4.69) is 0 Å². The van der Waals surface area contributed by atoms with Crippen molar-refractivity contribution in [2.75, 3.05) is 13.7 Å². The summed E-state index contributed by atoms with van der Waals surface area (Å²) in [6.07, 6.45) is -4.81. The third kappa shape index (κ3) is 4.67. The summed E-state index contributed by atoms with van der Waals surface area (Å²) in [4.78, 5) is 23.4. The number of nitro groups is 1. The minimum atomic E-state index is -4.91. The summed E-state index contributed by atoms with van der Waals surface area (Å²) in [5.41, 5.74) is -3.18. The van der Waals surface area contributed by atoms with Gasteiger partial charge in [-0.3, -0.25) is 14.9 Å². The first-order valence-electron chi connectivity index (χ1n) is 8.95. The molecule has 6 nitrogen and oxygen atoms in total. The molecule has 0 aliphatic heterocycles. The zero-order valence-electron chi connectivity index (χ0n) is 16.4. The Bertz CT molecular complexity index is 962. The second-order valence-electron chi connectivity index (χ2n) is 6.24. The number of ether oxygens (including phenoxy) is 2. The number of halogens is 4. The van der Waals surface area contributed by atoms with Crippen LogP contribution < -0.4 is 4.74 Å². The van der Waals surface area contributed by atoms with Gasteiger partial charge in [0.25, 0.3) is 5.69 Å². The predicted molar refractivity (Wildman–Crippen MR) is 105 cm³/mol. The van der Waals surface area contributed by atoms with Crippen LogP contribution in [0.3, 0.4) is 0 Å². The maximum Gasteiger partial charge on any atom is 0.417 e. The van der Waals surface area contributed by atoms with Crippen LogP contribution in [0.4, 0.5) is 18.9 Å². The number of nitro benzene ring substituents is 1. The van der Waals surface area contributed by atoms with Crippen LogP contribution in [-0.4, -0.2) is 24.6 Å². The molecule has 0 bridgehead atoms. The fourth-order valence-electron chi connectivity index (χ4n) is 3.23. The fourth-order valence-corrected chi connectivity index (χ4v) is 3.40. The van der Waals surface area contributed by atoms with Crippen LogP contribution in [0.2, 0.25) is 5.02 Å². The molecule has 0 amide bonds. The molecule has 0 heterocycles. The normalized spacial score (nSPS) is 12.4. The van der Waals surface area contributed by atoms with Crippen molar-refractivity contribution in [1.82, 2.24) is 0 Å². The minimum Gasteiger partial charge on any atom is -0.496 e. The molecule has 30 heavy (non-hydrogen) atoms. The van der Waals surface area contributed by atoms with Gasteiger partial charge in [0.1, 0.15) is 5.75 Å². The van der Waals surface area contributed by atoms with Gasteiger partial charge in [-0.15, -0.1) is 0 Å². The molecule has 0 fully saturated rings. The van der Waals surface area contributed by atoms with E-state index in [1.165, 1.54) is 19.2 Å². The molecule has 1 atom stereocenters. The van der Waals surface area contributed by atoms with E-state index in [0.29, 0.717) is 0 Å². The van der Waals surface area contributed by atoms with Crippen molar-refractivity contribution in [2.24, 2.45) is 0 Å². The van der Waals surface area contributed by atoms with Crippen LogP contribution in [0.15, 0.2) is 30.3 Å². The zero-order chi connectivity index (χ0) is 22.6. The Balaban J connectivity index is 2.99. The molecule has 1 unspecified atom stereocenters. The van der Waals surface area contributed by atoms with E-state index in [0.717, 1.165) is 18.2 Å². The largest absolute Gasteiger partial charge is 0.496 e. The number of hydrogen-bond acceptors (Lipinski definition) is 5. The van der Waals surface area contributed by atoms with E-state index in [1.807, 2.05) is 0 Å². The topological polar surface area (TPSA) is 78.7 Å². The summed E-state index contributed by atoms with van der Waals surface area (Å²) >= 11 is 5.96. The highest BCUT2D eigenvalue weighted by Crippen LogP contribution is 2.48. The fraction of sp³-hybridized carbons (Fsp3) is 0.350. The molecular formula is C20H19ClF3NO5. The smallest absolute Gasteiger partial charge is 0.417 e. The first kappa shape index (κ1) is 23.5. The highest BCUT2D eigenvalue weighted by Gasteiger charge is 2.41. The zero-order valence-corrected chi connectivity index (χ0v) is 17.1. The molecule has 0 saturated heterocycles. The number of benzene rings is 2. The van der Waals surface area contributed by atoms with E-state index < -0.39 is 39.8 Å². The lowest BCUT2D eigenvalue weighted by atomic mass is 9.87. The van der Waals surface area contributed by atoms with E-state index >= 15 is 0 Å². The third-order valence-electron chi connectivity index (χ3n) is 4.48. The molecule has 10 heteroatoms. The summed E-state index contributed by atoms with van der Waals surface area (Å²) in [6.45, 7) is 3.18. The highest BCUT2D eigenvalue weighted by atomic mass is 35.5. The molecule has 0 radical (unpaired) electrons. The van der Waals surface area contributed by atoms with Crippen LogP contribution >= 0.6 is 11.6 Å². The van der Waals surface area contributed by atoms with Gasteiger partial charge in [-0.25, -0.2) is 0 Å². The van der Waals surface area contributed by atoms with Gasteiger partial charge in [-0.2, -0.15) is 13.2 Å². The molecular weight excluding hydrogens is 427 g/mol. The second kappa shape index (κ2) is 9.34. The first-order valence-corrected chi connectivity index (χ1v) is 9.33. The molecule has 162 valence electrons. The summed E-state index contributed by atoms with van der Waals surface area (Å²) in [5.74, 6) is -1.90. The third-order valence-corrected chi connectivity index (χ3v) is 4.72. The summed E-state index contributed by atoms with van der Waals surface area (Å²) in [7, 11) is 1.23. The van der Waals surface area contributed by atoms with Crippen LogP contribution in [0.25, 0.3) is 11.1 Å². The van der Waals surface area contributed by atoms with E-state index in [4.69, 9.17) is 21.1 Å². The van der Waals surface area contributed by atoms with Gasteiger partial charge in [0.05, 0.1) is 35.7 Å². The number of alkyl halides is 3. The monoisotopic (exact) mass is 445 g/mol. The number of carbonyl (C=O) groups is 1. The summed E-state index contributed by atoms with van der Waals surface area (Å²) < 4.78 is 51.6. The molecule has 0 spiro atoms. The molecule has 0 N–H and O–H groups in total. The van der Waals surface area contributed by atoms with Crippen molar-refractivity contribution in [3.63, 3.8) is 0 Å². The van der Waals surface area contributed by atoms with Crippen LogP contribution in [0.1, 0.15) is 37.3 Å². The van der Waals surface area contributed by atoms with Crippen LogP contribution in [0.5, 0.6) is 5.75 Å². The van der Waals surface area contributed by atoms with Gasteiger partial charge in [-0.1, -0.05) is 24.6 Å². The minimum absolute atomic E-state index is 0.0265. The van der Waals surface area contributed by atoms with Gasteiger partial charge in [0, 0.05) is 16.1 Å². The van der Waals surface area contributed by atoms with Gasteiger partial charge in [-0.05, 0) is 37.6 Å². The first-order chi connectivity index (χ1) is 14.1. The van der Waals surface area contributed by atoms with Gasteiger partial charge < -0.3 is 9.47 Å². The maximum absolute atomic E-state index is 13.8. The van der Waals surface area contributed by atoms with E-state index in [9.17, 15) is 28.1 Å². The lowest BCUT2D eigenvalue weighted by Crippen LogP contribution is -2.18. The van der Waals surface area contributed by atoms with Gasteiger partial charge in [0.2, 0.25) is 0 Å². The number of rotatable bonds is 7. The predicted octanol–water partition coefficient (Wildman–Crippen LogP) is 6.00. The van der Waals surface area contributed by atoms with Gasteiger partial charge in [0.15, 0.2) is 0 Å². The highest BCUT2D eigenvalue weighted by molar-refractivity contribution is 6.31.